The average molecular weight is 385 g/mol. The molecule has 0 aliphatic heterocycles. The molecule has 0 unspecified atom stereocenters. The molecule has 2 rings (SSSR count). The first-order chi connectivity index (χ1) is 13.5. The molecule has 0 aliphatic rings. The molecule has 0 amide bonds. The Kier molecular flexibility index (Phi) is 7.83. The topological polar surface area (TPSA) is 95.7 Å². The summed E-state index contributed by atoms with van der Waals surface area (Å²) >= 11 is 0. The van der Waals surface area contributed by atoms with Crippen LogP contribution in [0.25, 0.3) is 11.1 Å². The molecule has 0 aromatic heterocycles. The Morgan fingerprint density at radius 2 is 1.61 bits per heavy atom. The zero-order chi connectivity index (χ0) is 20.5. The van der Waals surface area contributed by atoms with Gasteiger partial charge in [0.2, 0.25) is 0 Å². The van der Waals surface area contributed by atoms with Crippen LogP contribution >= 0.6 is 0 Å². The van der Waals surface area contributed by atoms with Crippen LogP contribution in [0.3, 0.4) is 0 Å². The smallest absolute Gasteiger partial charge is 0.309 e. The van der Waals surface area contributed by atoms with Crippen LogP contribution in [0.15, 0.2) is 48.5 Å². The van der Waals surface area contributed by atoms with Crippen molar-refractivity contribution in [1.29, 1.82) is 0 Å². The van der Waals surface area contributed by atoms with Crippen molar-refractivity contribution in [2.45, 2.75) is 19.8 Å². The van der Waals surface area contributed by atoms with E-state index in [1.54, 1.807) is 50.4 Å². The molecule has 7 nitrogen and oxygen atoms in total. The molecular weight excluding hydrogens is 362 g/mol. The van der Waals surface area contributed by atoms with E-state index in [2.05, 4.69) is 0 Å². The molecule has 0 fully saturated rings. The van der Waals surface area contributed by atoms with E-state index in [1.165, 1.54) is 12.1 Å². The number of Topliss-reactive ketones (excluding diaryl/α,β-unsaturated/α-hetero) is 1. The predicted molar refractivity (Wildman–Crippen MR) is 104 cm³/mol. The first kappa shape index (κ1) is 21.2. The van der Waals surface area contributed by atoms with Crippen LogP contribution in [-0.2, 0) is 14.3 Å². The maximum atomic E-state index is 12.6. The van der Waals surface area contributed by atoms with Crippen LogP contribution in [0.4, 0.5) is 5.69 Å². The number of rotatable bonds is 10. The van der Waals surface area contributed by atoms with E-state index in [4.69, 9.17) is 9.47 Å². The minimum absolute atomic E-state index is 0.0246. The van der Waals surface area contributed by atoms with Crippen molar-refractivity contribution >= 4 is 17.4 Å². The summed E-state index contributed by atoms with van der Waals surface area (Å²) in [6.45, 7) is 2.36. The summed E-state index contributed by atoms with van der Waals surface area (Å²) in [5, 5.41) is 10.7. The number of ketones is 1. The zero-order valence-electron chi connectivity index (χ0n) is 15.9. The second-order valence-electron chi connectivity index (χ2n) is 6.24. The van der Waals surface area contributed by atoms with Crippen molar-refractivity contribution in [3.05, 3.63) is 64.2 Å². The third kappa shape index (κ3) is 5.72. The molecule has 1 atom stereocenters. The standard InChI is InChI=1S/C21H23NO6/c1-3-28-21(24)18(12-13-27-2)14-20(23)17-6-4-15(5-7-17)16-8-10-19(11-9-16)22(25)26/h4-11,18H,3,12-14H2,1-2H3/t18-/m1/s1. The third-order valence-electron chi connectivity index (χ3n) is 4.34. The number of esters is 1. The van der Waals surface area contributed by atoms with Crippen molar-refractivity contribution in [2.24, 2.45) is 5.92 Å². The summed E-state index contributed by atoms with van der Waals surface area (Å²) in [5.41, 5.74) is 2.18. The highest BCUT2D eigenvalue weighted by molar-refractivity contribution is 5.98. The molecule has 0 radical (unpaired) electrons. The minimum atomic E-state index is -0.540. The molecule has 0 N–H and O–H groups in total. The predicted octanol–water partition coefficient (Wildman–Crippen LogP) is 4.05. The van der Waals surface area contributed by atoms with Crippen LogP contribution in [0.2, 0.25) is 0 Å². The lowest BCUT2D eigenvalue weighted by atomic mass is 9.94. The summed E-state index contributed by atoms with van der Waals surface area (Å²) in [5.74, 6) is -1.08. The van der Waals surface area contributed by atoms with Gasteiger partial charge in [-0.1, -0.05) is 24.3 Å². The fourth-order valence-electron chi connectivity index (χ4n) is 2.79. The first-order valence-corrected chi connectivity index (χ1v) is 9.00. The maximum absolute atomic E-state index is 12.6. The molecule has 0 spiro atoms. The van der Waals surface area contributed by atoms with Gasteiger partial charge in [-0.25, -0.2) is 0 Å². The van der Waals surface area contributed by atoms with Gasteiger partial charge in [0.05, 0.1) is 17.4 Å². The molecule has 0 aliphatic carbocycles. The summed E-state index contributed by atoms with van der Waals surface area (Å²) in [7, 11) is 1.54. The molecule has 7 heteroatoms. The number of hydrogen-bond donors (Lipinski definition) is 0. The molecule has 0 saturated heterocycles. The number of carbonyl (C=O) groups is 2. The van der Waals surface area contributed by atoms with E-state index in [9.17, 15) is 19.7 Å². The van der Waals surface area contributed by atoms with Gasteiger partial charge in [-0.3, -0.25) is 19.7 Å². The summed E-state index contributed by atoms with van der Waals surface area (Å²) in [4.78, 5) is 34.9. The lowest BCUT2D eigenvalue weighted by Gasteiger charge is -2.14. The highest BCUT2D eigenvalue weighted by Crippen LogP contribution is 2.24. The lowest BCUT2D eigenvalue weighted by molar-refractivity contribution is -0.384. The Hall–Kier alpha value is -3.06. The quantitative estimate of drug-likeness (QED) is 0.265. The number of hydrogen-bond acceptors (Lipinski definition) is 6. The number of nitro groups is 1. The fourth-order valence-corrected chi connectivity index (χ4v) is 2.79. The molecule has 148 valence electrons. The molecule has 0 heterocycles. The van der Waals surface area contributed by atoms with E-state index >= 15 is 0 Å². The van der Waals surface area contributed by atoms with Crippen LogP contribution in [-0.4, -0.2) is 37.0 Å². The second kappa shape index (κ2) is 10.3. The highest BCUT2D eigenvalue weighted by Gasteiger charge is 2.23. The number of benzene rings is 2. The van der Waals surface area contributed by atoms with Gasteiger partial charge in [-0.15, -0.1) is 0 Å². The van der Waals surface area contributed by atoms with E-state index in [0.717, 1.165) is 11.1 Å². The number of ether oxygens (including phenoxy) is 2. The van der Waals surface area contributed by atoms with Gasteiger partial charge in [0.15, 0.2) is 5.78 Å². The monoisotopic (exact) mass is 385 g/mol. The van der Waals surface area contributed by atoms with Gasteiger partial charge < -0.3 is 9.47 Å². The number of nitro benzene ring substituents is 1. The van der Waals surface area contributed by atoms with Gasteiger partial charge in [-0.2, -0.15) is 0 Å². The van der Waals surface area contributed by atoms with Crippen molar-refractivity contribution < 1.29 is 24.0 Å². The van der Waals surface area contributed by atoms with Gasteiger partial charge >= 0.3 is 5.97 Å². The maximum Gasteiger partial charge on any atom is 0.309 e. The average Bonchev–Trinajstić information content (AvgIpc) is 2.71. The van der Waals surface area contributed by atoms with Crippen LogP contribution in [0.1, 0.15) is 30.1 Å². The van der Waals surface area contributed by atoms with E-state index in [0.29, 0.717) is 18.6 Å². The number of non-ortho nitro benzene ring substituents is 1. The SMILES string of the molecule is CCOC(=O)[C@H](CCOC)CC(=O)c1ccc(-c2ccc([N+](=O)[O-])cc2)cc1. The van der Waals surface area contributed by atoms with Gasteiger partial charge in [-0.05, 0) is 36.6 Å². The normalized spacial score (nSPS) is 11.6. The Balaban J connectivity index is 2.09. The van der Waals surface area contributed by atoms with Gasteiger partial charge in [0, 0.05) is 37.8 Å². The van der Waals surface area contributed by atoms with E-state index < -0.39 is 16.8 Å². The van der Waals surface area contributed by atoms with Crippen LogP contribution in [0, 0.1) is 16.0 Å². The van der Waals surface area contributed by atoms with Crippen molar-refractivity contribution in [1.82, 2.24) is 0 Å². The summed E-state index contributed by atoms with van der Waals surface area (Å²) in [6.07, 6.45) is 0.473. The Labute approximate surface area is 163 Å². The molecule has 2 aromatic carbocycles. The molecular formula is C21H23NO6. The first-order valence-electron chi connectivity index (χ1n) is 9.00. The van der Waals surface area contributed by atoms with Crippen molar-refractivity contribution in [2.75, 3.05) is 20.3 Å². The molecule has 2 aromatic rings. The number of methoxy groups -OCH3 is 1. The van der Waals surface area contributed by atoms with Crippen molar-refractivity contribution in [3.8, 4) is 11.1 Å². The van der Waals surface area contributed by atoms with E-state index in [-0.39, 0.29) is 24.5 Å². The highest BCUT2D eigenvalue weighted by atomic mass is 16.6. The van der Waals surface area contributed by atoms with E-state index in [1.807, 2.05) is 0 Å². The summed E-state index contributed by atoms with van der Waals surface area (Å²) < 4.78 is 10.1. The zero-order valence-corrected chi connectivity index (χ0v) is 15.9. The second-order valence-corrected chi connectivity index (χ2v) is 6.24. The fraction of sp³-hybridized carbons (Fsp3) is 0.333. The molecule has 28 heavy (non-hydrogen) atoms. The van der Waals surface area contributed by atoms with Gasteiger partial charge in [0.1, 0.15) is 0 Å². The summed E-state index contributed by atoms with van der Waals surface area (Å²) in [6, 6.07) is 13.1. The lowest BCUT2D eigenvalue weighted by Crippen LogP contribution is -2.22. The Bertz CT molecular complexity index is 814. The largest absolute Gasteiger partial charge is 0.466 e. The van der Waals surface area contributed by atoms with Crippen LogP contribution in [0.5, 0.6) is 0 Å². The molecule has 0 saturated carbocycles. The van der Waals surface area contributed by atoms with Crippen LogP contribution < -0.4 is 0 Å². The Morgan fingerprint density at radius 1 is 1.04 bits per heavy atom. The molecule has 0 bridgehead atoms. The Morgan fingerprint density at radius 3 is 2.11 bits per heavy atom. The van der Waals surface area contributed by atoms with Crippen molar-refractivity contribution in [3.63, 3.8) is 0 Å². The van der Waals surface area contributed by atoms with Gasteiger partial charge in [0.25, 0.3) is 5.69 Å². The minimum Gasteiger partial charge on any atom is -0.466 e. The third-order valence-corrected chi connectivity index (χ3v) is 4.34. The number of carbonyl (C=O) groups excluding carboxylic acids is 2. The number of nitrogens with zero attached hydrogens (tertiary/aromatic N) is 1.